The van der Waals surface area contributed by atoms with Crippen molar-refractivity contribution in [2.45, 2.75) is 58.8 Å². The molecule has 0 aliphatic heterocycles. The molecule has 2 unspecified atom stereocenters. The lowest BCUT2D eigenvalue weighted by Gasteiger charge is -2.26. The Balaban J connectivity index is 0.00000205. The second kappa shape index (κ2) is 8.28. The van der Waals surface area contributed by atoms with Crippen LogP contribution in [0.4, 0.5) is 0 Å². The molecular formula is C25H30ClNOS. The quantitative estimate of drug-likeness (QED) is 0.447. The van der Waals surface area contributed by atoms with Gasteiger partial charge in [-0.15, -0.1) is 23.7 Å². The van der Waals surface area contributed by atoms with Crippen LogP contribution in [0.3, 0.4) is 0 Å². The second-order valence-corrected chi connectivity index (χ2v) is 9.77. The first-order valence-corrected chi connectivity index (χ1v) is 11.6. The minimum absolute atomic E-state index is 0. The average molecular weight is 428 g/mol. The predicted octanol–water partition coefficient (Wildman–Crippen LogP) is 7.03. The normalized spacial score (nSPS) is 20.7. The maximum Gasteiger partial charge on any atom is 0.124 e. The Labute approximate surface area is 184 Å². The number of ether oxygens (including phenoxy) is 1. The van der Waals surface area contributed by atoms with E-state index in [1.165, 1.54) is 71.1 Å². The van der Waals surface area contributed by atoms with Gasteiger partial charge in [0.1, 0.15) is 10.6 Å². The molecule has 2 nitrogen and oxygen atoms in total. The van der Waals surface area contributed by atoms with E-state index in [1.807, 2.05) is 11.3 Å². The molecule has 5 rings (SSSR count). The van der Waals surface area contributed by atoms with Gasteiger partial charge in [-0.1, -0.05) is 32.4 Å². The molecule has 0 spiro atoms. The van der Waals surface area contributed by atoms with Crippen LogP contribution in [0, 0.1) is 11.8 Å². The summed E-state index contributed by atoms with van der Waals surface area (Å²) in [6, 6.07) is 8.71. The van der Waals surface area contributed by atoms with Gasteiger partial charge in [-0.3, -0.25) is 0 Å². The molecule has 0 fully saturated rings. The van der Waals surface area contributed by atoms with E-state index in [0.29, 0.717) is 0 Å². The molecule has 0 saturated carbocycles. The monoisotopic (exact) mass is 427 g/mol. The Hall–Kier alpha value is -1.58. The molecular weight excluding hydrogens is 398 g/mol. The summed E-state index contributed by atoms with van der Waals surface area (Å²) in [6.07, 6.45) is 8.58. The third kappa shape index (κ3) is 3.57. The van der Waals surface area contributed by atoms with Crippen LogP contribution in [0.25, 0.3) is 21.3 Å². The number of halogens is 1. The van der Waals surface area contributed by atoms with Crippen LogP contribution < -0.4 is 4.74 Å². The van der Waals surface area contributed by atoms with Crippen LogP contribution in [-0.4, -0.2) is 12.1 Å². The lowest BCUT2D eigenvalue weighted by Crippen LogP contribution is -2.16. The van der Waals surface area contributed by atoms with Crippen molar-refractivity contribution in [3.8, 4) is 16.9 Å². The fraction of sp³-hybridized carbons (Fsp3) is 0.480. The Kier molecular flexibility index (Phi) is 5.90. The minimum Gasteiger partial charge on any atom is -0.497 e. The van der Waals surface area contributed by atoms with Crippen molar-refractivity contribution in [1.29, 1.82) is 0 Å². The number of benzene rings is 1. The van der Waals surface area contributed by atoms with Gasteiger partial charge in [0.2, 0.25) is 0 Å². The number of methoxy groups -OCH3 is 1. The van der Waals surface area contributed by atoms with Gasteiger partial charge in [-0.2, -0.15) is 0 Å². The van der Waals surface area contributed by atoms with Crippen molar-refractivity contribution < 1.29 is 4.74 Å². The number of nitrogens with zero attached hydrogens (tertiary/aromatic N) is 1. The molecule has 3 aromatic rings. The summed E-state index contributed by atoms with van der Waals surface area (Å²) in [5, 5.41) is 1.47. The fourth-order valence-corrected chi connectivity index (χ4v) is 6.55. The van der Waals surface area contributed by atoms with Crippen LogP contribution in [0.15, 0.2) is 24.3 Å². The highest BCUT2D eigenvalue weighted by Crippen LogP contribution is 2.46. The van der Waals surface area contributed by atoms with E-state index in [0.717, 1.165) is 24.0 Å². The van der Waals surface area contributed by atoms with Gasteiger partial charge in [0.15, 0.2) is 0 Å². The van der Waals surface area contributed by atoms with Gasteiger partial charge in [0.25, 0.3) is 0 Å². The Morgan fingerprint density at radius 3 is 2.59 bits per heavy atom. The molecule has 0 N–H and O–H groups in total. The minimum atomic E-state index is 0. The SMILES string of the molecule is CCC1CCc2nc3sc4c(c3c(-c3ccc(OC)cc3)c2C1)CCC(C)C4.Cl. The van der Waals surface area contributed by atoms with E-state index in [2.05, 4.69) is 38.1 Å². The van der Waals surface area contributed by atoms with E-state index in [4.69, 9.17) is 9.72 Å². The Morgan fingerprint density at radius 2 is 1.86 bits per heavy atom. The zero-order valence-corrected chi connectivity index (χ0v) is 19.2. The summed E-state index contributed by atoms with van der Waals surface area (Å²) < 4.78 is 5.42. The summed E-state index contributed by atoms with van der Waals surface area (Å²) in [5.74, 6) is 2.51. The summed E-state index contributed by atoms with van der Waals surface area (Å²) in [5.41, 5.74) is 7.29. The van der Waals surface area contributed by atoms with E-state index in [-0.39, 0.29) is 12.4 Å². The van der Waals surface area contributed by atoms with Crippen molar-refractivity contribution in [2.24, 2.45) is 11.8 Å². The van der Waals surface area contributed by atoms with Gasteiger partial charge in [0.05, 0.1) is 7.11 Å². The number of aryl methyl sites for hydroxylation is 2. The van der Waals surface area contributed by atoms with Gasteiger partial charge in [0, 0.05) is 16.0 Å². The summed E-state index contributed by atoms with van der Waals surface area (Å²) in [6.45, 7) is 4.73. The summed E-state index contributed by atoms with van der Waals surface area (Å²) >= 11 is 1.96. The fourth-order valence-electron chi connectivity index (χ4n) is 5.14. The van der Waals surface area contributed by atoms with Crippen molar-refractivity contribution in [3.63, 3.8) is 0 Å². The molecule has 1 aromatic carbocycles. The molecule has 2 aliphatic rings. The number of fused-ring (bicyclic) bond motifs is 4. The van der Waals surface area contributed by atoms with Crippen LogP contribution in [0.1, 0.15) is 54.8 Å². The lowest BCUT2D eigenvalue weighted by molar-refractivity contribution is 0.415. The molecule has 0 radical (unpaired) electrons. The smallest absolute Gasteiger partial charge is 0.124 e. The molecule has 2 atom stereocenters. The van der Waals surface area contributed by atoms with E-state index >= 15 is 0 Å². The van der Waals surface area contributed by atoms with Crippen molar-refractivity contribution >= 4 is 34.0 Å². The molecule has 2 heterocycles. The number of rotatable bonds is 3. The number of pyridine rings is 1. The molecule has 2 aliphatic carbocycles. The topological polar surface area (TPSA) is 22.1 Å². The maximum absolute atomic E-state index is 5.42. The van der Waals surface area contributed by atoms with Crippen LogP contribution in [0.5, 0.6) is 5.75 Å². The lowest BCUT2D eigenvalue weighted by atomic mass is 9.79. The van der Waals surface area contributed by atoms with Crippen LogP contribution in [-0.2, 0) is 25.7 Å². The molecule has 2 aromatic heterocycles. The molecule has 0 saturated heterocycles. The first-order valence-electron chi connectivity index (χ1n) is 10.8. The van der Waals surface area contributed by atoms with Crippen LogP contribution in [0.2, 0.25) is 0 Å². The zero-order chi connectivity index (χ0) is 19.3. The van der Waals surface area contributed by atoms with Gasteiger partial charge < -0.3 is 4.74 Å². The highest BCUT2D eigenvalue weighted by molar-refractivity contribution is 7.19. The highest BCUT2D eigenvalue weighted by atomic mass is 35.5. The standard InChI is InChI=1S/C25H29NOS.ClH/c1-4-16-6-12-21-20(14-16)23(17-7-9-18(27-3)10-8-17)24-19-11-5-15(2)13-22(19)28-25(24)26-21;/h7-10,15-16H,4-6,11-14H2,1-3H3;1H. The van der Waals surface area contributed by atoms with Gasteiger partial charge in [-0.05, 0) is 84.7 Å². The Bertz CT molecular complexity index is 1020. The van der Waals surface area contributed by atoms with Crippen molar-refractivity contribution in [3.05, 3.63) is 46.0 Å². The summed E-state index contributed by atoms with van der Waals surface area (Å²) in [7, 11) is 1.74. The Morgan fingerprint density at radius 1 is 1.07 bits per heavy atom. The van der Waals surface area contributed by atoms with Crippen molar-refractivity contribution in [1.82, 2.24) is 4.98 Å². The van der Waals surface area contributed by atoms with Gasteiger partial charge >= 0.3 is 0 Å². The third-order valence-corrected chi connectivity index (χ3v) is 8.02. The number of hydrogen-bond acceptors (Lipinski definition) is 3. The number of hydrogen-bond donors (Lipinski definition) is 0. The predicted molar refractivity (Wildman–Crippen MR) is 126 cm³/mol. The highest BCUT2D eigenvalue weighted by Gasteiger charge is 2.29. The van der Waals surface area contributed by atoms with E-state index in [9.17, 15) is 0 Å². The second-order valence-electron chi connectivity index (χ2n) is 8.69. The largest absolute Gasteiger partial charge is 0.497 e. The maximum atomic E-state index is 5.42. The first kappa shape index (κ1) is 20.7. The number of thiophene rings is 1. The van der Waals surface area contributed by atoms with E-state index in [1.54, 1.807) is 17.6 Å². The average Bonchev–Trinajstić information content (AvgIpc) is 3.08. The molecule has 29 heavy (non-hydrogen) atoms. The van der Waals surface area contributed by atoms with Gasteiger partial charge in [-0.25, -0.2) is 4.98 Å². The third-order valence-electron chi connectivity index (χ3n) is 6.87. The van der Waals surface area contributed by atoms with E-state index < -0.39 is 0 Å². The zero-order valence-electron chi connectivity index (χ0n) is 17.6. The first-order chi connectivity index (χ1) is 13.7. The summed E-state index contributed by atoms with van der Waals surface area (Å²) in [4.78, 5) is 8.09. The van der Waals surface area contributed by atoms with Crippen LogP contribution >= 0.6 is 23.7 Å². The van der Waals surface area contributed by atoms with Crippen molar-refractivity contribution in [2.75, 3.05) is 7.11 Å². The molecule has 154 valence electrons. The number of aromatic nitrogens is 1. The molecule has 4 heteroatoms. The molecule has 0 bridgehead atoms. The molecule has 0 amide bonds.